The van der Waals surface area contributed by atoms with Crippen LogP contribution in [0.2, 0.25) is 0 Å². The molecular weight excluding hydrogens is 342 g/mol. The van der Waals surface area contributed by atoms with Gasteiger partial charge >= 0.3 is 0 Å². The maximum absolute atomic E-state index is 12.4. The summed E-state index contributed by atoms with van der Waals surface area (Å²) in [6.45, 7) is 0.806. The summed E-state index contributed by atoms with van der Waals surface area (Å²) in [6, 6.07) is 23.8. The molecule has 3 aromatic rings. The third kappa shape index (κ3) is 5.51. The molecule has 0 aliphatic rings. The van der Waals surface area contributed by atoms with Gasteiger partial charge in [-0.3, -0.25) is 4.79 Å². The Bertz CT molecular complexity index is 880. The van der Waals surface area contributed by atoms with Crippen molar-refractivity contribution in [3.05, 3.63) is 84.4 Å². The van der Waals surface area contributed by atoms with E-state index in [1.54, 1.807) is 31.4 Å². The summed E-state index contributed by atoms with van der Waals surface area (Å²) in [7, 11) is 1.59. The van der Waals surface area contributed by atoms with Crippen LogP contribution >= 0.6 is 0 Å². The third-order valence-electron chi connectivity index (χ3n) is 3.79. The monoisotopic (exact) mass is 363 g/mol. The number of anilines is 1. The molecule has 0 saturated heterocycles. The van der Waals surface area contributed by atoms with Crippen molar-refractivity contribution in [2.24, 2.45) is 0 Å². The fourth-order valence-corrected chi connectivity index (χ4v) is 2.47. The normalized spacial score (nSPS) is 10.1. The number of amides is 1. The number of carbonyl (C=O) groups is 1. The molecule has 5 nitrogen and oxygen atoms in total. The summed E-state index contributed by atoms with van der Waals surface area (Å²) in [4.78, 5) is 12.4. The van der Waals surface area contributed by atoms with E-state index in [1.807, 2.05) is 54.6 Å². The van der Waals surface area contributed by atoms with Crippen LogP contribution in [-0.4, -0.2) is 26.2 Å². The standard InChI is InChI=1S/C22H21NO4/c1-25-20-11-6-8-18(16-20)23-22(24)17-7-5-12-21(15-17)27-14-13-26-19-9-3-2-4-10-19/h2-12,15-16H,13-14H2,1H3,(H,23,24). The smallest absolute Gasteiger partial charge is 0.255 e. The summed E-state index contributed by atoms with van der Waals surface area (Å²) >= 11 is 0. The van der Waals surface area contributed by atoms with Crippen molar-refractivity contribution in [2.45, 2.75) is 0 Å². The van der Waals surface area contributed by atoms with Gasteiger partial charge in [-0.2, -0.15) is 0 Å². The van der Waals surface area contributed by atoms with E-state index in [0.29, 0.717) is 36.0 Å². The Morgan fingerprint density at radius 1 is 0.778 bits per heavy atom. The largest absolute Gasteiger partial charge is 0.497 e. The van der Waals surface area contributed by atoms with Crippen LogP contribution in [-0.2, 0) is 0 Å². The Morgan fingerprint density at radius 3 is 2.22 bits per heavy atom. The first-order valence-corrected chi connectivity index (χ1v) is 8.61. The van der Waals surface area contributed by atoms with E-state index in [9.17, 15) is 4.79 Å². The first-order chi connectivity index (χ1) is 13.2. The SMILES string of the molecule is COc1cccc(NC(=O)c2cccc(OCCOc3ccccc3)c2)c1. The van der Waals surface area contributed by atoms with E-state index in [2.05, 4.69) is 5.32 Å². The number of methoxy groups -OCH3 is 1. The second-order valence-electron chi connectivity index (χ2n) is 5.72. The Balaban J connectivity index is 1.53. The first-order valence-electron chi connectivity index (χ1n) is 8.61. The fraction of sp³-hybridized carbons (Fsp3) is 0.136. The molecule has 138 valence electrons. The van der Waals surface area contributed by atoms with Crippen LogP contribution in [0, 0.1) is 0 Å². The zero-order valence-electron chi connectivity index (χ0n) is 15.1. The summed E-state index contributed by atoms with van der Waals surface area (Å²) in [5, 5.41) is 2.85. The lowest BCUT2D eigenvalue weighted by molar-refractivity contribution is 0.102. The number of ether oxygens (including phenoxy) is 3. The van der Waals surface area contributed by atoms with E-state index in [4.69, 9.17) is 14.2 Å². The van der Waals surface area contributed by atoms with Crippen LogP contribution in [0.5, 0.6) is 17.2 Å². The number of carbonyl (C=O) groups excluding carboxylic acids is 1. The molecule has 27 heavy (non-hydrogen) atoms. The van der Waals surface area contributed by atoms with Gasteiger partial charge in [-0.05, 0) is 42.5 Å². The first kappa shape index (κ1) is 18.3. The van der Waals surface area contributed by atoms with Crippen LogP contribution in [0.15, 0.2) is 78.9 Å². The highest BCUT2D eigenvalue weighted by Crippen LogP contribution is 2.19. The molecule has 0 unspecified atom stereocenters. The van der Waals surface area contributed by atoms with Crippen molar-refractivity contribution in [3.63, 3.8) is 0 Å². The van der Waals surface area contributed by atoms with Gasteiger partial charge in [0, 0.05) is 17.3 Å². The Kier molecular flexibility index (Phi) is 6.30. The number of para-hydroxylation sites is 1. The lowest BCUT2D eigenvalue weighted by Crippen LogP contribution is -2.13. The highest BCUT2D eigenvalue weighted by molar-refractivity contribution is 6.04. The Labute approximate surface area is 158 Å². The van der Waals surface area contributed by atoms with Crippen LogP contribution in [0.3, 0.4) is 0 Å². The van der Waals surface area contributed by atoms with Crippen molar-refractivity contribution in [1.82, 2.24) is 0 Å². The highest BCUT2D eigenvalue weighted by atomic mass is 16.5. The predicted octanol–water partition coefficient (Wildman–Crippen LogP) is 4.41. The second-order valence-corrected chi connectivity index (χ2v) is 5.72. The predicted molar refractivity (Wildman–Crippen MR) is 105 cm³/mol. The maximum Gasteiger partial charge on any atom is 0.255 e. The van der Waals surface area contributed by atoms with E-state index in [0.717, 1.165) is 5.75 Å². The zero-order chi connectivity index (χ0) is 18.9. The minimum atomic E-state index is -0.214. The fourth-order valence-electron chi connectivity index (χ4n) is 2.47. The van der Waals surface area contributed by atoms with E-state index >= 15 is 0 Å². The van der Waals surface area contributed by atoms with Crippen LogP contribution < -0.4 is 19.5 Å². The molecule has 0 fully saturated rings. The summed E-state index contributed by atoms with van der Waals surface area (Å²) in [5.41, 5.74) is 1.18. The quantitative estimate of drug-likeness (QED) is 0.603. The summed E-state index contributed by atoms with van der Waals surface area (Å²) in [6.07, 6.45) is 0. The molecule has 1 amide bonds. The average molecular weight is 363 g/mol. The van der Waals surface area contributed by atoms with Crippen molar-refractivity contribution < 1.29 is 19.0 Å². The van der Waals surface area contributed by atoms with Gasteiger partial charge in [-0.25, -0.2) is 0 Å². The minimum Gasteiger partial charge on any atom is -0.497 e. The third-order valence-corrected chi connectivity index (χ3v) is 3.79. The Morgan fingerprint density at radius 2 is 1.44 bits per heavy atom. The van der Waals surface area contributed by atoms with Crippen molar-refractivity contribution >= 4 is 11.6 Å². The molecule has 0 spiro atoms. The molecule has 0 heterocycles. The number of nitrogens with one attached hydrogen (secondary N) is 1. The molecular formula is C22H21NO4. The highest BCUT2D eigenvalue weighted by Gasteiger charge is 2.08. The molecule has 1 N–H and O–H groups in total. The molecule has 0 saturated carbocycles. The number of benzene rings is 3. The molecule has 0 bridgehead atoms. The topological polar surface area (TPSA) is 56.8 Å². The van der Waals surface area contributed by atoms with E-state index in [-0.39, 0.29) is 5.91 Å². The minimum absolute atomic E-state index is 0.214. The van der Waals surface area contributed by atoms with Gasteiger partial charge in [0.2, 0.25) is 0 Å². The zero-order valence-corrected chi connectivity index (χ0v) is 15.1. The van der Waals surface area contributed by atoms with Gasteiger partial charge in [-0.15, -0.1) is 0 Å². The molecule has 5 heteroatoms. The lowest BCUT2D eigenvalue weighted by Gasteiger charge is -2.10. The van der Waals surface area contributed by atoms with E-state index in [1.165, 1.54) is 0 Å². The molecule has 0 aromatic heterocycles. The van der Waals surface area contributed by atoms with Crippen LogP contribution in [0.4, 0.5) is 5.69 Å². The Hall–Kier alpha value is -3.47. The van der Waals surface area contributed by atoms with Crippen molar-refractivity contribution in [3.8, 4) is 17.2 Å². The molecule has 0 aliphatic carbocycles. The molecule has 3 aromatic carbocycles. The molecule has 0 radical (unpaired) electrons. The molecule has 3 rings (SSSR count). The van der Waals surface area contributed by atoms with Crippen LogP contribution in [0.1, 0.15) is 10.4 Å². The van der Waals surface area contributed by atoms with Gasteiger partial charge in [-0.1, -0.05) is 30.3 Å². The van der Waals surface area contributed by atoms with Crippen LogP contribution in [0.25, 0.3) is 0 Å². The van der Waals surface area contributed by atoms with Gasteiger partial charge in [0.15, 0.2) is 0 Å². The average Bonchev–Trinajstić information content (AvgIpc) is 2.72. The van der Waals surface area contributed by atoms with Gasteiger partial charge in [0.1, 0.15) is 30.5 Å². The molecule has 0 atom stereocenters. The maximum atomic E-state index is 12.4. The molecule has 0 aliphatic heterocycles. The van der Waals surface area contributed by atoms with E-state index < -0.39 is 0 Å². The lowest BCUT2D eigenvalue weighted by atomic mass is 10.2. The number of hydrogen-bond donors (Lipinski definition) is 1. The second kappa shape index (κ2) is 9.29. The van der Waals surface area contributed by atoms with Gasteiger partial charge in [0.25, 0.3) is 5.91 Å². The van der Waals surface area contributed by atoms with Gasteiger partial charge in [0.05, 0.1) is 7.11 Å². The summed E-state index contributed by atoms with van der Waals surface area (Å²) in [5.74, 6) is 1.88. The van der Waals surface area contributed by atoms with Crippen molar-refractivity contribution in [2.75, 3.05) is 25.6 Å². The number of hydrogen-bond acceptors (Lipinski definition) is 4. The summed E-state index contributed by atoms with van der Waals surface area (Å²) < 4.78 is 16.4. The number of rotatable bonds is 8. The van der Waals surface area contributed by atoms with Crippen molar-refractivity contribution in [1.29, 1.82) is 0 Å². The van der Waals surface area contributed by atoms with Gasteiger partial charge < -0.3 is 19.5 Å².